The van der Waals surface area contributed by atoms with Gasteiger partial charge < -0.3 is 20.9 Å². The van der Waals surface area contributed by atoms with Gasteiger partial charge in [0.15, 0.2) is 0 Å². The minimum absolute atomic E-state index is 0.00206. The zero-order valence-electron chi connectivity index (χ0n) is 19.1. The molecule has 0 saturated heterocycles. The molecule has 2 rings (SSSR count). The molecule has 0 unspecified atom stereocenters. The fraction of sp³-hybridized carbons (Fsp3) is 0.476. The predicted molar refractivity (Wildman–Crippen MR) is 123 cm³/mol. The van der Waals surface area contributed by atoms with Gasteiger partial charge in [0.05, 0.1) is 0 Å². The molecule has 0 amide bonds. The van der Waals surface area contributed by atoms with Crippen molar-refractivity contribution in [1.29, 1.82) is 0 Å². The first-order valence-corrected chi connectivity index (χ1v) is 10.5. The van der Waals surface area contributed by atoms with Gasteiger partial charge in [-0.05, 0) is 69.2 Å². The zero-order valence-corrected chi connectivity index (χ0v) is 20.7. The number of hydrogen-bond acceptors (Lipinski definition) is 7. The molecule has 0 aliphatic rings. The molecule has 4 N–H and O–H groups in total. The van der Waals surface area contributed by atoms with Crippen LogP contribution in [0.25, 0.3) is 0 Å². The number of nitrogen functional groups attached to an aromatic ring is 1. The molecule has 2 aromatic rings. The molecule has 0 radical (unpaired) electrons. The van der Waals surface area contributed by atoms with E-state index in [1.54, 1.807) is 13.8 Å². The second-order valence-electron chi connectivity index (χ2n) is 7.62. The Kier molecular flexibility index (Phi) is 12.7. The van der Waals surface area contributed by atoms with Gasteiger partial charge in [-0.3, -0.25) is 14.2 Å². The number of carbonyl (C=O) groups excluding carboxylic acids is 1. The normalized spacial score (nSPS) is 10.5. The van der Waals surface area contributed by atoms with Gasteiger partial charge in [0.25, 0.3) is 12.0 Å². The topological polar surface area (TPSA) is 122 Å². The van der Waals surface area contributed by atoms with E-state index in [2.05, 4.69) is 25.7 Å². The lowest BCUT2D eigenvalue weighted by Gasteiger charge is -2.15. The standard InChI is InChI=1S/C14H14BrF2N3O2.C5H10O2.C2H7N/c1-7(2)20-13(21)11(15)12(19-14(20)18)22-6-8-3-4-9(16)5-10(8)17;1-5(2,3)7-4-6;1-2-3/h3-5,7H,6H2,1-2H3,(H2,18,19);4H,1-3H3;2-3H2,1H3. The van der Waals surface area contributed by atoms with Crippen molar-refractivity contribution < 1.29 is 23.0 Å². The Labute approximate surface area is 195 Å². The van der Waals surface area contributed by atoms with Crippen molar-refractivity contribution in [3.8, 4) is 5.88 Å². The highest BCUT2D eigenvalue weighted by molar-refractivity contribution is 9.10. The average molecular weight is 521 g/mol. The first-order chi connectivity index (χ1) is 14.8. The highest BCUT2D eigenvalue weighted by atomic mass is 79.9. The molecule has 1 aromatic heterocycles. The molecule has 1 heterocycles. The van der Waals surface area contributed by atoms with Crippen LogP contribution in [-0.4, -0.2) is 28.2 Å². The third-order valence-electron chi connectivity index (χ3n) is 3.35. The van der Waals surface area contributed by atoms with Crippen molar-refractivity contribution in [2.45, 2.75) is 59.8 Å². The molecule has 0 aliphatic heterocycles. The van der Waals surface area contributed by atoms with Crippen LogP contribution in [0.4, 0.5) is 14.7 Å². The van der Waals surface area contributed by atoms with Crippen LogP contribution in [0.15, 0.2) is 27.5 Å². The van der Waals surface area contributed by atoms with Gasteiger partial charge in [0.1, 0.15) is 28.3 Å². The summed E-state index contributed by atoms with van der Waals surface area (Å²) in [6.45, 7) is 12.0. The third kappa shape index (κ3) is 10.2. The van der Waals surface area contributed by atoms with E-state index < -0.39 is 17.2 Å². The number of anilines is 1. The number of nitrogens with two attached hydrogens (primary N) is 2. The molecular weight excluding hydrogens is 490 g/mol. The number of benzene rings is 1. The Bertz CT molecular complexity index is 931. The fourth-order valence-electron chi connectivity index (χ4n) is 2.03. The Morgan fingerprint density at radius 2 is 1.84 bits per heavy atom. The third-order valence-corrected chi connectivity index (χ3v) is 4.03. The number of carbonyl (C=O) groups is 1. The molecule has 0 fully saturated rings. The summed E-state index contributed by atoms with van der Waals surface area (Å²) >= 11 is 3.11. The largest absolute Gasteiger partial charge is 0.472 e. The highest BCUT2D eigenvalue weighted by Crippen LogP contribution is 2.23. The van der Waals surface area contributed by atoms with Gasteiger partial charge in [-0.1, -0.05) is 6.92 Å². The van der Waals surface area contributed by atoms with Crippen molar-refractivity contribution in [1.82, 2.24) is 9.55 Å². The first-order valence-electron chi connectivity index (χ1n) is 9.74. The minimum Gasteiger partial charge on any atom is -0.472 e. The van der Waals surface area contributed by atoms with E-state index in [9.17, 15) is 18.4 Å². The summed E-state index contributed by atoms with van der Waals surface area (Å²) < 4.78 is 37.7. The van der Waals surface area contributed by atoms with E-state index in [1.165, 1.54) is 10.6 Å². The van der Waals surface area contributed by atoms with E-state index in [0.29, 0.717) is 6.47 Å². The maximum absolute atomic E-state index is 13.5. The van der Waals surface area contributed by atoms with Crippen LogP contribution in [-0.2, 0) is 16.1 Å². The Balaban J connectivity index is 0.000000809. The Hall–Kier alpha value is -2.53. The predicted octanol–water partition coefficient (Wildman–Crippen LogP) is 3.95. The van der Waals surface area contributed by atoms with Crippen molar-refractivity contribution in [3.05, 3.63) is 50.2 Å². The van der Waals surface area contributed by atoms with E-state index in [0.717, 1.165) is 18.7 Å². The number of aromatic nitrogens is 2. The zero-order chi connectivity index (χ0) is 25.1. The lowest BCUT2D eigenvalue weighted by atomic mass is 10.2. The van der Waals surface area contributed by atoms with E-state index in [1.807, 2.05) is 27.7 Å². The molecule has 32 heavy (non-hydrogen) atoms. The Morgan fingerprint density at radius 1 is 1.28 bits per heavy atom. The van der Waals surface area contributed by atoms with Crippen molar-refractivity contribution in [3.63, 3.8) is 0 Å². The summed E-state index contributed by atoms with van der Waals surface area (Å²) in [6.07, 6.45) is 0. The molecule has 0 aliphatic carbocycles. The van der Waals surface area contributed by atoms with E-state index in [4.69, 9.17) is 16.2 Å². The summed E-state index contributed by atoms with van der Waals surface area (Å²) in [5.74, 6) is -1.45. The van der Waals surface area contributed by atoms with Gasteiger partial charge in [-0.15, -0.1) is 0 Å². The molecular formula is C21H31BrF2N4O4. The van der Waals surface area contributed by atoms with Gasteiger partial charge >= 0.3 is 0 Å². The van der Waals surface area contributed by atoms with Crippen LogP contribution >= 0.6 is 15.9 Å². The van der Waals surface area contributed by atoms with Crippen molar-refractivity contribution in [2.24, 2.45) is 5.73 Å². The maximum Gasteiger partial charge on any atom is 0.293 e. The lowest BCUT2D eigenvalue weighted by Crippen LogP contribution is -2.27. The van der Waals surface area contributed by atoms with Crippen LogP contribution in [0, 0.1) is 11.6 Å². The molecule has 11 heteroatoms. The van der Waals surface area contributed by atoms with Crippen molar-refractivity contribution >= 4 is 28.4 Å². The quantitative estimate of drug-likeness (QED) is 0.572. The fourth-order valence-corrected chi connectivity index (χ4v) is 2.43. The average Bonchev–Trinajstić information content (AvgIpc) is 2.64. The summed E-state index contributed by atoms with van der Waals surface area (Å²) in [6, 6.07) is 2.97. The van der Waals surface area contributed by atoms with Crippen molar-refractivity contribution in [2.75, 3.05) is 12.3 Å². The smallest absolute Gasteiger partial charge is 0.293 e. The molecule has 0 saturated carbocycles. The molecule has 8 nitrogen and oxygen atoms in total. The van der Waals surface area contributed by atoms with Crippen LogP contribution < -0.4 is 21.8 Å². The number of hydrogen-bond donors (Lipinski definition) is 2. The second-order valence-corrected chi connectivity index (χ2v) is 8.41. The number of ether oxygens (including phenoxy) is 2. The summed E-state index contributed by atoms with van der Waals surface area (Å²) in [4.78, 5) is 25.8. The van der Waals surface area contributed by atoms with Gasteiger partial charge in [0.2, 0.25) is 11.8 Å². The summed E-state index contributed by atoms with van der Waals surface area (Å²) in [7, 11) is 0. The first kappa shape index (κ1) is 29.5. The monoisotopic (exact) mass is 520 g/mol. The van der Waals surface area contributed by atoms with Crippen LogP contribution in [0.1, 0.15) is 53.1 Å². The highest BCUT2D eigenvalue weighted by Gasteiger charge is 2.16. The van der Waals surface area contributed by atoms with E-state index >= 15 is 0 Å². The van der Waals surface area contributed by atoms with Crippen LogP contribution in [0.5, 0.6) is 5.88 Å². The molecule has 180 valence electrons. The van der Waals surface area contributed by atoms with Gasteiger partial charge in [0, 0.05) is 17.7 Å². The maximum atomic E-state index is 13.5. The minimum atomic E-state index is -0.736. The van der Waals surface area contributed by atoms with Gasteiger partial charge in [-0.2, -0.15) is 4.98 Å². The second kappa shape index (κ2) is 13.8. The van der Waals surface area contributed by atoms with Gasteiger partial charge in [-0.25, -0.2) is 8.78 Å². The number of rotatable bonds is 5. The van der Waals surface area contributed by atoms with Crippen LogP contribution in [0.2, 0.25) is 0 Å². The van der Waals surface area contributed by atoms with E-state index in [-0.39, 0.29) is 40.1 Å². The summed E-state index contributed by atoms with van der Waals surface area (Å²) in [5, 5.41) is 0. The molecule has 0 atom stereocenters. The van der Waals surface area contributed by atoms with Crippen LogP contribution in [0.3, 0.4) is 0 Å². The summed E-state index contributed by atoms with van der Waals surface area (Å²) in [5.41, 5.74) is 10.0. The molecule has 0 spiro atoms. The Morgan fingerprint density at radius 3 is 2.25 bits per heavy atom. The lowest BCUT2D eigenvalue weighted by molar-refractivity contribution is -0.138. The number of nitrogens with zero attached hydrogens (tertiary/aromatic N) is 2. The number of halogens is 3. The molecule has 0 bridgehead atoms. The SMILES string of the molecule is CC(C)(C)OC=O.CC(C)n1c(N)nc(OCc2ccc(F)cc2F)c(Br)c1=O.CCN. The molecule has 1 aromatic carbocycles.